The third-order valence-corrected chi connectivity index (χ3v) is 18.9. The molecule has 5 fully saturated rings. The Balaban J connectivity index is 0.000000506. The van der Waals surface area contributed by atoms with Gasteiger partial charge >= 0.3 is 69.3 Å². The van der Waals surface area contributed by atoms with Gasteiger partial charge in [0.2, 0.25) is 11.8 Å². The summed E-state index contributed by atoms with van der Waals surface area (Å²) in [6, 6.07) is -0.627. The Morgan fingerprint density at radius 3 is 2.05 bits per heavy atom. The number of ether oxygens (including phenoxy) is 7. The predicted octanol–water partition coefficient (Wildman–Crippen LogP) is 0.104. The van der Waals surface area contributed by atoms with E-state index < -0.39 is 154 Å². The number of thiophene rings is 1. The maximum Gasteiger partial charge on any atom is 1.00 e. The molecule has 5 saturated heterocycles. The molecule has 22 nitrogen and oxygen atoms in total. The van der Waals surface area contributed by atoms with Gasteiger partial charge in [0.05, 0.1) is 47.6 Å². The van der Waals surface area contributed by atoms with Crippen LogP contribution in [-0.4, -0.2) is 211 Å². The molecule has 2 amide bonds. The number of carboxylic acids is 2. The number of esters is 1. The molecule has 5 aliphatic heterocycles. The van der Waals surface area contributed by atoms with Crippen LogP contribution in [0.1, 0.15) is 122 Å². The van der Waals surface area contributed by atoms with Gasteiger partial charge in [0.1, 0.15) is 47.2 Å². The first-order valence-corrected chi connectivity index (χ1v) is 28.1. The number of nitrogens with one attached hydrogen (secondary N) is 1. The van der Waals surface area contributed by atoms with E-state index in [0.717, 1.165) is 0 Å². The van der Waals surface area contributed by atoms with E-state index in [1.54, 1.807) is 79.1 Å². The number of hydrogen-bond donors (Lipinski definition) is 7. The predicted molar refractivity (Wildman–Crippen MR) is 283 cm³/mol. The van der Waals surface area contributed by atoms with Crippen molar-refractivity contribution in [1.29, 1.82) is 0 Å². The standard InChI is InChI=1S/C38H69NO13.C15H16N2O6S2.K.H/c1-15-26-38(10,45)31(42)21(4)28(40)19(2)17-37(9,47-14)33(52-35-29(41)25(39(11)12)16-20(3)48-35)22(5)30(23(6)34(44)50-26)51-27-18-36(8,46-13)32(43)24(7)49-27;1-15(2)9(14(22)23)17-11(19)8(12(17)25-15)16-10(18)7(13(20)21)6-3-4-24-5-6;;/h19-27,29-33,35,41-43,45H,15-18H2,1-14H3;3-5,7-9,12H,1-2H3,(H,16,18)(H,20,21)(H,22,23);;/q;;+1;-1/t19-,20-,21+,22+,23-,24+,25+,26-,27+,29-,30+,31-,32+,33-,35+,36-,37-,38-;7-,8-,9+,12-;;/m11../s1. The molecule has 5 aliphatic rings. The van der Waals surface area contributed by atoms with Crippen LogP contribution in [0.4, 0.5) is 0 Å². The molecule has 0 unspecified atom stereocenters. The van der Waals surface area contributed by atoms with Crippen LogP contribution < -0.4 is 56.7 Å². The van der Waals surface area contributed by atoms with E-state index in [1.807, 2.05) is 32.8 Å². The number of aliphatic hydroxyl groups is 4. The van der Waals surface area contributed by atoms with E-state index in [4.69, 9.17) is 33.2 Å². The van der Waals surface area contributed by atoms with E-state index in [1.165, 1.54) is 49.1 Å². The summed E-state index contributed by atoms with van der Waals surface area (Å²) in [7, 11) is 6.77. The van der Waals surface area contributed by atoms with Crippen molar-refractivity contribution in [2.75, 3.05) is 28.3 Å². The molecule has 6 rings (SSSR count). The van der Waals surface area contributed by atoms with Crippen molar-refractivity contribution in [3.8, 4) is 0 Å². The van der Waals surface area contributed by atoms with Gasteiger partial charge in [-0.05, 0) is 111 Å². The number of Topliss-reactive ketones (excluding diaryl/α,β-unsaturated/α-hetero) is 1. The number of rotatable bonds is 13. The molecule has 0 aliphatic carbocycles. The maximum atomic E-state index is 14.2. The van der Waals surface area contributed by atoms with Crippen LogP contribution >= 0.6 is 23.1 Å². The number of β-lactam (4-membered cyclic amide) rings is 1. The fraction of sp³-hybridized carbons (Fsp3) is 0.811. The number of carbonyl (C=O) groups excluding carboxylic acids is 4. The molecular formula is C53H86KN3O19S2. The molecule has 25 heteroatoms. The maximum absolute atomic E-state index is 14.2. The van der Waals surface area contributed by atoms with Crippen LogP contribution in [0.25, 0.3) is 0 Å². The normalized spacial score (nSPS) is 41.7. The van der Waals surface area contributed by atoms with Crippen molar-refractivity contribution in [2.24, 2.45) is 23.7 Å². The third kappa shape index (κ3) is 14.4. The quantitative estimate of drug-likeness (QED) is 0.0597. The van der Waals surface area contributed by atoms with Gasteiger partial charge in [0, 0.05) is 49.2 Å². The SMILES string of the molecule is CC1(C)S[C@@H]2[C@H](NC(=O)[C@H](C(=O)O)c3ccsc3)C(=O)N2[C@H]1C(=O)O.CC[C@H]1OC(=O)[C@H](C)[C@@H](O[C@H]2C[C@@](C)(OC)[C@@H](O)[C@H](C)O2)[C@H](C)[C@@H](O[C@@H]2O[C@H](C)C[C@H](N(C)C)[C@H]2O)[C@](C)(OC)C[C@@H](C)C(=O)[C@H](C)[C@@H](O)[C@]1(C)O.[H-].[K+]. The summed E-state index contributed by atoms with van der Waals surface area (Å²) in [5, 5.41) is 69.5. The van der Waals surface area contributed by atoms with Crippen LogP contribution in [-0.2, 0) is 61.9 Å². The number of ketones is 1. The summed E-state index contributed by atoms with van der Waals surface area (Å²) in [5.41, 5.74) is -3.90. The summed E-state index contributed by atoms with van der Waals surface area (Å²) in [6.45, 7) is 20.5. The summed E-state index contributed by atoms with van der Waals surface area (Å²) >= 11 is 2.56. The summed E-state index contributed by atoms with van der Waals surface area (Å²) < 4.78 is 43.2. The number of thioether (sulfide) groups is 1. The first-order chi connectivity index (χ1) is 35.6. The summed E-state index contributed by atoms with van der Waals surface area (Å²) in [5.74, 6) is -9.55. The molecule has 0 radical (unpaired) electrons. The average molecular weight is 1170 g/mol. The molecule has 0 bridgehead atoms. The smallest absolute Gasteiger partial charge is 1.00 e. The zero-order valence-corrected chi connectivity index (χ0v) is 53.0. The van der Waals surface area contributed by atoms with Gasteiger partial charge in [-0.2, -0.15) is 11.3 Å². The Morgan fingerprint density at radius 2 is 1.53 bits per heavy atom. The largest absolute Gasteiger partial charge is 1.00 e. The molecule has 0 aromatic carbocycles. The summed E-state index contributed by atoms with van der Waals surface area (Å²) in [6.07, 6.45) is -8.73. The van der Waals surface area contributed by atoms with E-state index in [2.05, 4.69) is 5.32 Å². The number of hydrogen-bond acceptors (Lipinski definition) is 20. The minimum atomic E-state index is -1.96. The molecule has 22 atom stereocenters. The van der Waals surface area contributed by atoms with Crippen molar-refractivity contribution in [2.45, 2.75) is 221 Å². The minimum Gasteiger partial charge on any atom is -1.00 e. The number of carboxylic acid groups (broad SMARTS) is 2. The first kappa shape index (κ1) is 68.8. The van der Waals surface area contributed by atoms with E-state index in [9.17, 15) is 59.4 Å². The van der Waals surface area contributed by atoms with E-state index >= 15 is 0 Å². The number of methoxy groups -OCH3 is 2. The molecule has 0 saturated carbocycles. The number of aliphatic hydroxyl groups excluding tert-OH is 3. The van der Waals surface area contributed by atoms with Gasteiger partial charge in [-0.1, -0.05) is 27.7 Å². The molecule has 0 spiro atoms. The van der Waals surface area contributed by atoms with Crippen LogP contribution in [0, 0.1) is 23.7 Å². The minimum absolute atomic E-state index is 0. The zero-order chi connectivity index (χ0) is 58.2. The number of cyclic esters (lactones) is 1. The Labute approximate surface area is 510 Å². The Hall–Kier alpha value is -1.73. The molecule has 6 heterocycles. The van der Waals surface area contributed by atoms with Gasteiger partial charge < -0.3 is 80.3 Å². The Morgan fingerprint density at radius 1 is 0.910 bits per heavy atom. The average Bonchev–Trinajstić information content (AvgIpc) is 3.98. The molecule has 1 aromatic rings. The van der Waals surface area contributed by atoms with Gasteiger partial charge in [0.15, 0.2) is 18.5 Å². The van der Waals surface area contributed by atoms with Crippen molar-refractivity contribution in [3.63, 3.8) is 0 Å². The fourth-order valence-corrected chi connectivity index (χ4v) is 14.1. The zero-order valence-electron chi connectivity index (χ0n) is 49.2. The van der Waals surface area contributed by atoms with Crippen LogP contribution in [0.5, 0.6) is 0 Å². The molecule has 7 N–H and O–H groups in total. The van der Waals surface area contributed by atoms with Gasteiger partial charge in [-0.3, -0.25) is 24.0 Å². The number of likely N-dealkylation sites (N-methyl/N-ethyl adjacent to an activating group) is 1. The number of aliphatic carboxylic acids is 2. The molecule has 78 heavy (non-hydrogen) atoms. The molecule has 440 valence electrons. The second kappa shape index (κ2) is 27.3. The Bertz CT molecular complexity index is 2250. The monoisotopic (exact) mass is 1170 g/mol. The third-order valence-electron chi connectivity index (χ3n) is 16.6. The Kier molecular flexibility index (Phi) is 24.1. The van der Waals surface area contributed by atoms with Crippen LogP contribution in [0.3, 0.4) is 0 Å². The van der Waals surface area contributed by atoms with Gasteiger partial charge in [-0.25, -0.2) is 4.79 Å². The number of carbonyl (C=O) groups is 6. The topological polar surface area (TPSA) is 307 Å². The second-order valence-corrected chi connectivity index (χ2v) is 25.6. The fourth-order valence-electron chi connectivity index (χ4n) is 11.8. The van der Waals surface area contributed by atoms with Crippen LogP contribution in [0.2, 0.25) is 0 Å². The summed E-state index contributed by atoms with van der Waals surface area (Å²) in [4.78, 5) is 79.0. The van der Waals surface area contributed by atoms with E-state index in [-0.39, 0.29) is 90.0 Å². The van der Waals surface area contributed by atoms with Gasteiger partial charge in [-0.15, -0.1) is 11.8 Å². The number of fused-ring (bicyclic) bond motifs is 1. The first-order valence-electron chi connectivity index (χ1n) is 26.3. The van der Waals surface area contributed by atoms with Crippen LogP contribution in [0.15, 0.2) is 16.8 Å². The number of nitrogens with zero attached hydrogens (tertiary/aromatic N) is 2. The molecular weight excluding hydrogens is 1090 g/mol. The van der Waals surface area contributed by atoms with Crippen molar-refractivity contribution >= 4 is 58.6 Å². The molecule has 1 aromatic heterocycles. The van der Waals surface area contributed by atoms with Crippen molar-refractivity contribution in [3.05, 3.63) is 22.4 Å². The van der Waals surface area contributed by atoms with Gasteiger partial charge in [0.25, 0.3) is 0 Å². The second-order valence-electron chi connectivity index (χ2n) is 23.0. The van der Waals surface area contributed by atoms with Crippen molar-refractivity contribution < 1.29 is 145 Å². The number of amides is 2. The van der Waals surface area contributed by atoms with Crippen molar-refractivity contribution in [1.82, 2.24) is 15.1 Å². The van der Waals surface area contributed by atoms with E-state index in [0.29, 0.717) is 12.0 Å².